The van der Waals surface area contributed by atoms with Crippen LogP contribution in [0.1, 0.15) is 18.4 Å². The van der Waals surface area contributed by atoms with Crippen LogP contribution in [0.3, 0.4) is 0 Å². The number of nitrogens with zero attached hydrogens (tertiary/aromatic N) is 5. The Labute approximate surface area is 166 Å². The summed E-state index contributed by atoms with van der Waals surface area (Å²) in [6.07, 6.45) is -0.880. The van der Waals surface area contributed by atoms with Gasteiger partial charge < -0.3 is 4.90 Å². The van der Waals surface area contributed by atoms with Gasteiger partial charge in [-0.05, 0) is 25.0 Å². The third kappa shape index (κ3) is 4.41. The molecule has 9 heteroatoms. The molecule has 2 saturated heterocycles. The third-order valence-electron chi connectivity index (χ3n) is 5.34. The van der Waals surface area contributed by atoms with Crippen molar-refractivity contribution in [2.24, 2.45) is 0 Å². The average Bonchev–Trinajstić information content (AvgIpc) is 2.74. The molecular formula is C19H22F3N5S. The summed E-state index contributed by atoms with van der Waals surface area (Å²) >= 11 is 2.01. The van der Waals surface area contributed by atoms with Gasteiger partial charge in [-0.15, -0.1) is 5.10 Å². The van der Waals surface area contributed by atoms with Crippen LogP contribution in [0.25, 0.3) is 11.3 Å². The van der Waals surface area contributed by atoms with Crippen molar-refractivity contribution in [1.82, 2.24) is 20.1 Å². The summed E-state index contributed by atoms with van der Waals surface area (Å²) in [6.45, 7) is 3.97. The fraction of sp³-hybridized carbons (Fsp3) is 0.526. The normalized spacial score (nSPS) is 19.8. The first kappa shape index (κ1) is 19.4. The minimum Gasteiger partial charge on any atom is -0.339 e. The van der Waals surface area contributed by atoms with Crippen LogP contribution in [0.5, 0.6) is 0 Å². The largest absolute Gasteiger partial charge is 0.416 e. The van der Waals surface area contributed by atoms with Crippen molar-refractivity contribution < 1.29 is 13.2 Å². The van der Waals surface area contributed by atoms with Crippen LogP contribution >= 0.6 is 11.8 Å². The van der Waals surface area contributed by atoms with Crippen molar-refractivity contribution in [3.05, 3.63) is 36.0 Å². The lowest BCUT2D eigenvalue weighted by atomic mass is 10.0. The van der Waals surface area contributed by atoms with E-state index in [4.69, 9.17) is 0 Å². The molecule has 2 aromatic rings. The molecule has 1 aromatic carbocycles. The van der Waals surface area contributed by atoms with Crippen LogP contribution in [0.15, 0.2) is 30.5 Å². The van der Waals surface area contributed by atoms with Gasteiger partial charge in [0.1, 0.15) is 0 Å². The van der Waals surface area contributed by atoms with Crippen LogP contribution in [-0.2, 0) is 6.18 Å². The molecule has 0 aliphatic carbocycles. The highest BCUT2D eigenvalue weighted by Gasteiger charge is 2.31. The van der Waals surface area contributed by atoms with E-state index in [1.165, 1.54) is 23.8 Å². The fourth-order valence-electron chi connectivity index (χ4n) is 3.80. The number of hydrogen-bond donors (Lipinski definition) is 0. The summed E-state index contributed by atoms with van der Waals surface area (Å²) in [5, 5.41) is 8.11. The van der Waals surface area contributed by atoms with Crippen molar-refractivity contribution in [3.63, 3.8) is 0 Å². The molecule has 28 heavy (non-hydrogen) atoms. The Morgan fingerprint density at radius 2 is 1.79 bits per heavy atom. The molecule has 0 N–H and O–H groups in total. The standard InChI is InChI=1S/C19H22F3N5S/c20-19(21,22)15-3-1-2-14(12-15)17-13-23-25-18(24-17)27-6-4-16(5-7-27)26-8-10-28-11-9-26/h1-3,12-13,16H,4-11H2. The number of alkyl halides is 3. The number of halogens is 3. The Hall–Kier alpha value is -1.87. The first-order chi connectivity index (χ1) is 13.5. The van der Waals surface area contributed by atoms with E-state index in [2.05, 4.69) is 25.0 Å². The molecular weight excluding hydrogens is 387 g/mol. The van der Waals surface area contributed by atoms with Crippen molar-refractivity contribution in [2.75, 3.05) is 42.6 Å². The monoisotopic (exact) mass is 409 g/mol. The highest BCUT2D eigenvalue weighted by atomic mass is 32.2. The van der Waals surface area contributed by atoms with Gasteiger partial charge in [-0.25, -0.2) is 4.98 Å². The maximum Gasteiger partial charge on any atom is 0.416 e. The number of thioether (sulfide) groups is 1. The van der Waals surface area contributed by atoms with E-state index < -0.39 is 11.7 Å². The minimum atomic E-state index is -4.38. The summed E-state index contributed by atoms with van der Waals surface area (Å²) in [7, 11) is 0. The number of anilines is 1. The van der Waals surface area contributed by atoms with Crippen molar-refractivity contribution in [2.45, 2.75) is 25.1 Å². The van der Waals surface area contributed by atoms with Crippen molar-refractivity contribution >= 4 is 17.7 Å². The van der Waals surface area contributed by atoms with E-state index in [9.17, 15) is 13.2 Å². The minimum absolute atomic E-state index is 0.395. The zero-order valence-electron chi connectivity index (χ0n) is 15.4. The molecule has 4 rings (SSSR count). The van der Waals surface area contributed by atoms with E-state index in [-0.39, 0.29) is 0 Å². The van der Waals surface area contributed by atoms with Gasteiger partial charge in [0.25, 0.3) is 0 Å². The number of rotatable bonds is 3. The molecule has 0 amide bonds. The lowest BCUT2D eigenvalue weighted by Crippen LogP contribution is -2.48. The highest BCUT2D eigenvalue weighted by molar-refractivity contribution is 7.99. The summed E-state index contributed by atoms with van der Waals surface area (Å²) in [5.74, 6) is 2.89. The van der Waals surface area contributed by atoms with Gasteiger partial charge in [0, 0.05) is 49.3 Å². The molecule has 3 heterocycles. The molecule has 2 fully saturated rings. The van der Waals surface area contributed by atoms with Gasteiger partial charge in [-0.1, -0.05) is 12.1 Å². The van der Waals surface area contributed by atoms with Crippen LogP contribution < -0.4 is 4.90 Å². The van der Waals surface area contributed by atoms with Crippen LogP contribution in [0, 0.1) is 0 Å². The van der Waals surface area contributed by atoms with Crippen molar-refractivity contribution in [3.8, 4) is 11.3 Å². The molecule has 2 aliphatic rings. The highest BCUT2D eigenvalue weighted by Crippen LogP contribution is 2.32. The second-order valence-corrected chi connectivity index (χ2v) is 8.31. The Morgan fingerprint density at radius 3 is 2.50 bits per heavy atom. The maximum absolute atomic E-state index is 13.0. The third-order valence-corrected chi connectivity index (χ3v) is 6.29. The van der Waals surface area contributed by atoms with Crippen molar-refractivity contribution in [1.29, 1.82) is 0 Å². The van der Waals surface area contributed by atoms with Gasteiger partial charge in [0.2, 0.25) is 5.95 Å². The molecule has 1 aromatic heterocycles. The van der Waals surface area contributed by atoms with Gasteiger partial charge in [0.15, 0.2) is 0 Å². The summed E-state index contributed by atoms with van der Waals surface area (Å²) < 4.78 is 38.9. The van der Waals surface area contributed by atoms with Crippen LogP contribution in [0.2, 0.25) is 0 Å². The zero-order valence-corrected chi connectivity index (χ0v) is 16.2. The lowest BCUT2D eigenvalue weighted by molar-refractivity contribution is -0.137. The summed E-state index contributed by atoms with van der Waals surface area (Å²) in [6, 6.07) is 5.76. The smallest absolute Gasteiger partial charge is 0.339 e. The average molecular weight is 409 g/mol. The first-order valence-corrected chi connectivity index (χ1v) is 10.6. The Bertz CT molecular complexity index is 802. The zero-order chi connectivity index (χ0) is 19.6. The Morgan fingerprint density at radius 1 is 1.04 bits per heavy atom. The predicted octanol–water partition coefficient (Wildman–Crippen LogP) is 3.58. The Kier molecular flexibility index (Phi) is 5.73. The number of aromatic nitrogens is 3. The number of benzene rings is 1. The second kappa shape index (κ2) is 8.24. The molecule has 0 atom stereocenters. The molecule has 0 radical (unpaired) electrons. The SMILES string of the molecule is FC(F)(F)c1cccc(-c2cnnc(N3CCC(N4CCSCC4)CC3)n2)c1. The predicted molar refractivity (Wildman–Crippen MR) is 104 cm³/mol. The Balaban J connectivity index is 1.46. The topological polar surface area (TPSA) is 45.2 Å². The molecule has 2 aliphatic heterocycles. The fourth-order valence-corrected chi connectivity index (χ4v) is 4.73. The molecule has 0 bridgehead atoms. The number of piperidine rings is 1. The number of hydrogen-bond acceptors (Lipinski definition) is 6. The van der Waals surface area contributed by atoms with E-state index in [0.29, 0.717) is 23.2 Å². The second-order valence-electron chi connectivity index (χ2n) is 7.09. The van der Waals surface area contributed by atoms with E-state index in [1.807, 2.05) is 11.8 Å². The lowest BCUT2D eigenvalue weighted by Gasteiger charge is -2.39. The summed E-state index contributed by atoms with van der Waals surface area (Å²) in [4.78, 5) is 9.15. The molecule has 0 saturated carbocycles. The van der Waals surface area contributed by atoms with E-state index in [1.54, 1.807) is 6.07 Å². The maximum atomic E-state index is 13.0. The van der Waals surface area contributed by atoms with Gasteiger partial charge in [-0.3, -0.25) is 4.90 Å². The molecule has 0 spiro atoms. The van der Waals surface area contributed by atoms with Gasteiger partial charge in [-0.2, -0.15) is 30.0 Å². The van der Waals surface area contributed by atoms with Crippen LogP contribution in [0.4, 0.5) is 19.1 Å². The summed E-state index contributed by atoms with van der Waals surface area (Å²) in [5.41, 5.74) is 0.114. The molecule has 5 nitrogen and oxygen atoms in total. The van der Waals surface area contributed by atoms with E-state index in [0.717, 1.165) is 51.2 Å². The quantitative estimate of drug-likeness (QED) is 0.772. The van der Waals surface area contributed by atoms with Gasteiger partial charge >= 0.3 is 6.18 Å². The first-order valence-electron chi connectivity index (χ1n) is 9.45. The van der Waals surface area contributed by atoms with Crippen LogP contribution in [-0.4, -0.2) is 63.8 Å². The molecule has 0 unspecified atom stereocenters. The van der Waals surface area contributed by atoms with Gasteiger partial charge in [0.05, 0.1) is 17.5 Å². The molecule has 150 valence electrons. The van der Waals surface area contributed by atoms with E-state index >= 15 is 0 Å².